The van der Waals surface area contributed by atoms with E-state index in [2.05, 4.69) is 43.8 Å². The summed E-state index contributed by atoms with van der Waals surface area (Å²) in [7, 11) is 0. The predicted octanol–water partition coefficient (Wildman–Crippen LogP) is 5.93. The van der Waals surface area contributed by atoms with Crippen LogP contribution in [0.25, 0.3) is 0 Å². The minimum Gasteiger partial charge on any atom is -0.508 e. The molecular weight excluding hydrogens is 547 g/mol. The van der Waals surface area contributed by atoms with Crippen molar-refractivity contribution in [3.8, 4) is 11.5 Å². The second-order valence-corrected chi connectivity index (χ2v) is 8.70. The Morgan fingerprint density at radius 2 is 1.90 bits per heavy atom. The quantitative estimate of drug-likeness (QED) is 0.386. The fourth-order valence-electron chi connectivity index (χ4n) is 3.38. The van der Waals surface area contributed by atoms with Gasteiger partial charge in [0.1, 0.15) is 17.7 Å². The van der Waals surface area contributed by atoms with E-state index >= 15 is 0 Å². The highest BCUT2D eigenvalue weighted by molar-refractivity contribution is 14.1. The maximum Gasteiger partial charge on any atom is 0.262 e. The highest BCUT2D eigenvalue weighted by Crippen LogP contribution is 2.40. The molecule has 1 heterocycles. The Labute approximate surface area is 191 Å². The van der Waals surface area contributed by atoms with Crippen LogP contribution >= 0.6 is 38.5 Å². The molecule has 0 aromatic heterocycles. The Balaban J connectivity index is 1.85. The van der Waals surface area contributed by atoms with Crippen molar-refractivity contribution in [2.24, 2.45) is 0 Å². The molecular formula is C22H18BrIN2O3. The van der Waals surface area contributed by atoms with E-state index < -0.39 is 6.17 Å². The molecule has 0 spiro atoms. The number of nitrogens with zero attached hydrogens (tertiary/aromatic N) is 1. The van der Waals surface area contributed by atoms with Crippen molar-refractivity contribution in [2.45, 2.75) is 13.1 Å². The Kier molecular flexibility index (Phi) is 5.69. The van der Waals surface area contributed by atoms with Gasteiger partial charge in [0.15, 0.2) is 0 Å². The molecule has 0 saturated carbocycles. The maximum atomic E-state index is 13.5. The SMILES string of the molecule is CCOc1ccc(N2C(=O)c3cc(I)ccc3NC2c2cc(Br)ccc2O)cc1. The van der Waals surface area contributed by atoms with E-state index in [1.54, 1.807) is 17.0 Å². The number of carbonyl (C=O) groups is 1. The standard InChI is InChI=1S/C22H18BrIN2O3/c1-2-29-16-7-5-15(6-8-16)26-21(18-11-13(23)3-10-20(18)27)25-19-9-4-14(24)12-17(19)22(26)28/h3-12,21,25,27H,2H2,1H3. The van der Waals surface area contributed by atoms with E-state index in [0.717, 1.165) is 19.5 Å². The number of nitrogens with one attached hydrogen (secondary N) is 1. The van der Waals surface area contributed by atoms with Crippen LogP contribution in [0.1, 0.15) is 29.0 Å². The van der Waals surface area contributed by atoms with E-state index in [1.165, 1.54) is 0 Å². The lowest BCUT2D eigenvalue weighted by atomic mass is 10.0. The number of fused-ring (bicyclic) bond motifs is 1. The van der Waals surface area contributed by atoms with Gasteiger partial charge in [-0.25, -0.2) is 0 Å². The van der Waals surface area contributed by atoms with Crippen LogP contribution in [0.2, 0.25) is 0 Å². The smallest absolute Gasteiger partial charge is 0.262 e. The van der Waals surface area contributed by atoms with Crippen molar-refractivity contribution in [2.75, 3.05) is 16.8 Å². The zero-order valence-corrected chi connectivity index (χ0v) is 19.3. The molecule has 0 radical (unpaired) electrons. The number of halogens is 2. The summed E-state index contributed by atoms with van der Waals surface area (Å²) in [5, 5.41) is 13.9. The van der Waals surface area contributed by atoms with E-state index in [9.17, 15) is 9.90 Å². The number of hydrogen-bond acceptors (Lipinski definition) is 4. The van der Waals surface area contributed by atoms with Crippen molar-refractivity contribution in [3.63, 3.8) is 0 Å². The lowest BCUT2D eigenvalue weighted by Crippen LogP contribution is -2.43. The molecule has 29 heavy (non-hydrogen) atoms. The van der Waals surface area contributed by atoms with Crippen LogP contribution in [-0.2, 0) is 0 Å². The van der Waals surface area contributed by atoms with E-state index in [0.29, 0.717) is 23.4 Å². The van der Waals surface area contributed by atoms with Crippen LogP contribution in [-0.4, -0.2) is 17.6 Å². The maximum absolute atomic E-state index is 13.5. The Bertz CT molecular complexity index is 1070. The van der Waals surface area contributed by atoms with Crippen LogP contribution in [0, 0.1) is 3.57 Å². The molecule has 3 aromatic carbocycles. The largest absolute Gasteiger partial charge is 0.508 e. The molecule has 0 aliphatic carbocycles. The lowest BCUT2D eigenvalue weighted by molar-refractivity contribution is 0.0974. The van der Waals surface area contributed by atoms with Gasteiger partial charge in [0.05, 0.1) is 12.2 Å². The molecule has 1 unspecified atom stereocenters. The van der Waals surface area contributed by atoms with Gasteiger partial charge in [0, 0.05) is 25.0 Å². The minimum atomic E-state index is -0.564. The molecule has 0 fully saturated rings. The van der Waals surface area contributed by atoms with Crippen LogP contribution < -0.4 is 15.0 Å². The molecule has 1 aliphatic rings. The topological polar surface area (TPSA) is 61.8 Å². The van der Waals surface area contributed by atoms with Crippen LogP contribution in [0.4, 0.5) is 11.4 Å². The summed E-state index contributed by atoms with van der Waals surface area (Å²) in [6.45, 7) is 2.50. The number of aromatic hydroxyl groups is 1. The van der Waals surface area contributed by atoms with Crippen LogP contribution in [0.3, 0.4) is 0 Å². The molecule has 1 amide bonds. The number of benzene rings is 3. The number of rotatable bonds is 4. The van der Waals surface area contributed by atoms with Crippen molar-refractivity contribution in [3.05, 3.63) is 79.8 Å². The zero-order valence-electron chi connectivity index (χ0n) is 15.5. The third-order valence-corrected chi connectivity index (χ3v) is 5.86. The number of ether oxygens (including phenoxy) is 1. The molecule has 5 nitrogen and oxygen atoms in total. The molecule has 0 saturated heterocycles. The third-order valence-electron chi connectivity index (χ3n) is 4.69. The van der Waals surface area contributed by atoms with Crippen LogP contribution in [0.5, 0.6) is 11.5 Å². The van der Waals surface area contributed by atoms with Gasteiger partial charge in [-0.1, -0.05) is 15.9 Å². The highest BCUT2D eigenvalue weighted by Gasteiger charge is 2.35. The average Bonchev–Trinajstić information content (AvgIpc) is 2.71. The monoisotopic (exact) mass is 564 g/mol. The summed E-state index contributed by atoms with van der Waals surface area (Å²) in [4.78, 5) is 15.2. The van der Waals surface area contributed by atoms with Crippen molar-refractivity contribution in [1.82, 2.24) is 0 Å². The Morgan fingerprint density at radius 3 is 2.62 bits per heavy atom. The summed E-state index contributed by atoms with van der Waals surface area (Å²) in [5.74, 6) is 0.722. The zero-order chi connectivity index (χ0) is 20.5. The number of hydrogen-bond donors (Lipinski definition) is 2. The van der Waals surface area contributed by atoms with E-state index in [4.69, 9.17) is 4.74 Å². The first-order valence-corrected chi connectivity index (χ1v) is 11.0. The minimum absolute atomic E-state index is 0.114. The van der Waals surface area contributed by atoms with E-state index in [-0.39, 0.29) is 11.7 Å². The van der Waals surface area contributed by atoms with Gasteiger partial charge in [-0.3, -0.25) is 9.69 Å². The third kappa shape index (κ3) is 3.93. The van der Waals surface area contributed by atoms with Crippen molar-refractivity contribution in [1.29, 1.82) is 0 Å². The molecule has 0 bridgehead atoms. The lowest BCUT2D eigenvalue weighted by Gasteiger charge is -2.38. The normalized spacial score (nSPS) is 15.6. The molecule has 1 aliphatic heterocycles. The number of anilines is 2. The molecule has 1 atom stereocenters. The number of amides is 1. The fraction of sp³-hybridized carbons (Fsp3) is 0.136. The number of carbonyl (C=O) groups excluding carboxylic acids is 1. The number of phenols is 1. The van der Waals surface area contributed by atoms with Crippen molar-refractivity contribution < 1.29 is 14.6 Å². The summed E-state index contributed by atoms with van der Waals surface area (Å²) in [6.07, 6.45) is -0.564. The van der Waals surface area contributed by atoms with Gasteiger partial charge in [0.25, 0.3) is 5.91 Å². The first kappa shape index (κ1) is 20.0. The first-order valence-electron chi connectivity index (χ1n) is 9.09. The molecule has 4 rings (SSSR count). The second-order valence-electron chi connectivity index (χ2n) is 6.54. The fourth-order valence-corrected chi connectivity index (χ4v) is 4.25. The summed E-state index contributed by atoms with van der Waals surface area (Å²) in [5.41, 5.74) is 2.64. The Hall–Kier alpha value is -2.26. The Morgan fingerprint density at radius 1 is 1.14 bits per heavy atom. The molecule has 2 N–H and O–H groups in total. The average molecular weight is 565 g/mol. The highest BCUT2D eigenvalue weighted by atomic mass is 127. The summed E-state index contributed by atoms with van der Waals surface area (Å²) in [6, 6.07) is 18.3. The van der Waals surface area contributed by atoms with Crippen LogP contribution in [0.15, 0.2) is 65.1 Å². The summed E-state index contributed by atoms with van der Waals surface area (Å²) >= 11 is 5.66. The van der Waals surface area contributed by atoms with Gasteiger partial charge < -0.3 is 15.2 Å². The number of phenolic OH excluding ortho intramolecular Hbond substituents is 1. The van der Waals surface area contributed by atoms with E-state index in [1.807, 2.05) is 55.5 Å². The second kappa shape index (κ2) is 8.23. The van der Waals surface area contributed by atoms with Crippen molar-refractivity contribution >= 4 is 55.8 Å². The van der Waals surface area contributed by atoms with Gasteiger partial charge in [0.2, 0.25) is 0 Å². The van der Waals surface area contributed by atoms with Gasteiger partial charge >= 0.3 is 0 Å². The first-order chi connectivity index (χ1) is 14.0. The molecule has 3 aromatic rings. The molecule has 7 heteroatoms. The summed E-state index contributed by atoms with van der Waals surface area (Å²) < 4.78 is 7.32. The molecule has 148 valence electrons. The predicted molar refractivity (Wildman–Crippen MR) is 126 cm³/mol. The van der Waals surface area contributed by atoms with Gasteiger partial charge in [-0.15, -0.1) is 0 Å². The van der Waals surface area contributed by atoms with Gasteiger partial charge in [-0.2, -0.15) is 0 Å². The van der Waals surface area contributed by atoms with Gasteiger partial charge in [-0.05, 0) is 90.2 Å².